The molecule has 0 atom stereocenters. The van der Waals surface area contributed by atoms with Crippen LogP contribution in [0.3, 0.4) is 0 Å². The van der Waals surface area contributed by atoms with Crippen LogP contribution in [0.15, 0.2) is 0 Å². The molecule has 0 N–H and O–H groups in total. The lowest BCUT2D eigenvalue weighted by Crippen LogP contribution is -1.99. The van der Waals surface area contributed by atoms with Gasteiger partial charge in [-0.15, -0.1) is 12.4 Å². The maximum absolute atomic E-state index is 2.00. The summed E-state index contributed by atoms with van der Waals surface area (Å²) in [4.78, 5) is 2.00. The lowest BCUT2D eigenvalue weighted by atomic mass is 11.7. The van der Waals surface area contributed by atoms with E-state index >= 15 is 0 Å². The summed E-state index contributed by atoms with van der Waals surface area (Å²) in [7, 11) is 6.00. The Hall–Kier alpha value is 0.250. The lowest BCUT2D eigenvalue weighted by molar-refractivity contribution is 0.505. The van der Waals surface area contributed by atoms with Gasteiger partial charge >= 0.3 is 0 Å². The van der Waals surface area contributed by atoms with Crippen molar-refractivity contribution in [1.29, 1.82) is 0 Å². The van der Waals surface area contributed by atoms with Gasteiger partial charge in [0.15, 0.2) is 0 Å². The molecule has 0 radical (unpaired) electrons. The van der Waals surface area contributed by atoms with Crippen LogP contribution < -0.4 is 0 Å². The van der Waals surface area contributed by atoms with Crippen molar-refractivity contribution in [1.82, 2.24) is 4.90 Å². The first-order valence-corrected chi connectivity index (χ1v) is 1.34. The van der Waals surface area contributed by atoms with Gasteiger partial charge < -0.3 is 4.90 Å². The van der Waals surface area contributed by atoms with E-state index in [1.54, 1.807) is 0 Å². The molecule has 34 valence electrons. The third kappa shape index (κ3) is 344. The maximum atomic E-state index is 2.00. The standard InChI is InChI=1S/C3H9N.ClH/c1-4(2)3;/h1-3H3;1H/i1+1,2+1,3+1;. The summed E-state index contributed by atoms with van der Waals surface area (Å²) in [6, 6.07) is 0. The van der Waals surface area contributed by atoms with Crippen LogP contribution in [0.2, 0.25) is 0 Å². The minimum atomic E-state index is 0. The van der Waals surface area contributed by atoms with Crippen LogP contribution in [-0.4, -0.2) is 26.0 Å². The van der Waals surface area contributed by atoms with Crippen molar-refractivity contribution in [2.75, 3.05) is 21.1 Å². The first-order chi connectivity index (χ1) is 1.73. The van der Waals surface area contributed by atoms with Gasteiger partial charge in [0.25, 0.3) is 0 Å². The van der Waals surface area contributed by atoms with Gasteiger partial charge in [0.2, 0.25) is 0 Å². The van der Waals surface area contributed by atoms with Crippen molar-refractivity contribution >= 4 is 12.4 Å². The first-order valence-electron chi connectivity index (χ1n) is 1.34. The second-order valence-electron chi connectivity index (χ2n) is 1.34. The number of rotatable bonds is 0. The Morgan fingerprint density at radius 3 is 1.00 bits per heavy atom. The van der Waals surface area contributed by atoms with Gasteiger partial charge in [-0.3, -0.25) is 0 Å². The fraction of sp³-hybridized carbons (Fsp3) is 1.00. The van der Waals surface area contributed by atoms with Crippen molar-refractivity contribution in [2.45, 2.75) is 0 Å². The molecule has 0 rings (SSSR count). The fourth-order valence-corrected chi connectivity index (χ4v) is 0. The minimum Gasteiger partial charge on any atom is -0.312 e. The Kier molecular flexibility index (Phi) is 7.63. The predicted octanol–water partition coefficient (Wildman–Crippen LogP) is 0.600. The maximum Gasteiger partial charge on any atom is -0.0140 e. The van der Waals surface area contributed by atoms with E-state index in [9.17, 15) is 0 Å². The van der Waals surface area contributed by atoms with Gasteiger partial charge in [0.05, 0.1) is 0 Å². The first kappa shape index (κ1) is 8.98. The van der Waals surface area contributed by atoms with Gasteiger partial charge in [-0.1, -0.05) is 0 Å². The lowest BCUT2D eigenvalue weighted by Gasteiger charge is -1.90. The predicted molar refractivity (Wildman–Crippen MR) is 26.9 cm³/mol. The fourth-order valence-electron chi connectivity index (χ4n) is 0. The number of nitrogens with zero attached hydrogens (tertiary/aromatic N) is 1. The van der Waals surface area contributed by atoms with Gasteiger partial charge in [0.1, 0.15) is 0 Å². The minimum absolute atomic E-state index is 0. The molecular formula is C3H10ClN. The molecule has 0 heterocycles. The second-order valence-corrected chi connectivity index (χ2v) is 1.34. The Morgan fingerprint density at radius 2 is 1.00 bits per heavy atom. The molecule has 0 aliphatic rings. The molecule has 0 aliphatic carbocycles. The largest absolute Gasteiger partial charge is 0.312 e. The van der Waals surface area contributed by atoms with Crippen LogP contribution in [0, 0.1) is 0 Å². The molecule has 0 aliphatic heterocycles. The molecule has 1 nitrogen and oxygen atoms in total. The highest BCUT2D eigenvalue weighted by atomic mass is 35.5. The van der Waals surface area contributed by atoms with Crippen LogP contribution in [0.4, 0.5) is 0 Å². The van der Waals surface area contributed by atoms with Crippen LogP contribution in [-0.2, 0) is 0 Å². The molecule has 0 aromatic carbocycles. The normalized spacial score (nSPS) is 7.20. The SMILES string of the molecule is Cl.[13CH3]N([13CH3])[13CH3]. The van der Waals surface area contributed by atoms with Crippen molar-refractivity contribution in [3.8, 4) is 0 Å². The number of hydrogen-bond donors (Lipinski definition) is 0. The molecule has 0 aromatic heterocycles. The van der Waals surface area contributed by atoms with E-state index in [0.717, 1.165) is 0 Å². The van der Waals surface area contributed by atoms with E-state index in [1.807, 2.05) is 26.0 Å². The van der Waals surface area contributed by atoms with E-state index in [1.165, 1.54) is 0 Å². The summed E-state index contributed by atoms with van der Waals surface area (Å²) in [6.07, 6.45) is 0. The van der Waals surface area contributed by atoms with Crippen molar-refractivity contribution < 1.29 is 0 Å². The second kappa shape index (κ2) is 4.25. The Bertz CT molecular complexity index is 11.6. The molecule has 0 saturated heterocycles. The zero-order chi connectivity index (χ0) is 3.58. The number of halogens is 1. The van der Waals surface area contributed by atoms with Crippen molar-refractivity contribution in [3.05, 3.63) is 0 Å². The Morgan fingerprint density at radius 1 is 1.00 bits per heavy atom. The number of hydrogen-bond acceptors (Lipinski definition) is 1. The van der Waals surface area contributed by atoms with Crippen LogP contribution >= 0.6 is 12.4 Å². The van der Waals surface area contributed by atoms with E-state index < -0.39 is 0 Å². The third-order valence-corrected chi connectivity index (χ3v) is 0. The molecule has 0 amide bonds. The molecule has 0 bridgehead atoms. The highest BCUT2D eigenvalue weighted by Gasteiger charge is 1.58. The van der Waals surface area contributed by atoms with Gasteiger partial charge in [-0.05, 0) is 21.1 Å². The Labute approximate surface area is 39.4 Å². The van der Waals surface area contributed by atoms with Gasteiger partial charge in [0, 0.05) is 0 Å². The summed E-state index contributed by atoms with van der Waals surface area (Å²) in [5.41, 5.74) is 0. The molecule has 5 heavy (non-hydrogen) atoms. The van der Waals surface area contributed by atoms with Crippen LogP contribution in [0.1, 0.15) is 0 Å². The summed E-state index contributed by atoms with van der Waals surface area (Å²) in [5.74, 6) is 0. The zero-order valence-corrected chi connectivity index (χ0v) is 4.67. The smallest absolute Gasteiger partial charge is 0.0140 e. The van der Waals surface area contributed by atoms with Gasteiger partial charge in [-0.25, -0.2) is 0 Å². The summed E-state index contributed by atoms with van der Waals surface area (Å²) >= 11 is 0. The van der Waals surface area contributed by atoms with E-state index in [2.05, 4.69) is 0 Å². The van der Waals surface area contributed by atoms with Crippen LogP contribution in [0.25, 0.3) is 0 Å². The van der Waals surface area contributed by atoms with E-state index in [4.69, 9.17) is 0 Å². The zero-order valence-electron chi connectivity index (χ0n) is 3.86. The molecule has 2 heteroatoms. The molecule has 0 spiro atoms. The monoisotopic (exact) mass is 98.1 g/mol. The quantitative estimate of drug-likeness (QED) is 0.401. The average molecular weight is 98.6 g/mol. The average Bonchev–Trinajstić information content (AvgIpc) is 0.811. The molecule has 0 saturated carbocycles. The van der Waals surface area contributed by atoms with Crippen molar-refractivity contribution in [3.63, 3.8) is 0 Å². The topological polar surface area (TPSA) is 3.24 Å². The molecular weight excluding hydrogens is 88.5 g/mol. The summed E-state index contributed by atoms with van der Waals surface area (Å²) < 4.78 is 0. The van der Waals surface area contributed by atoms with E-state index in [0.29, 0.717) is 0 Å². The molecule has 0 aromatic rings. The highest BCUT2D eigenvalue weighted by molar-refractivity contribution is 5.85. The summed E-state index contributed by atoms with van der Waals surface area (Å²) in [5, 5.41) is 0. The van der Waals surface area contributed by atoms with Gasteiger partial charge in [-0.2, -0.15) is 0 Å². The molecule has 0 fully saturated rings. The Balaban J connectivity index is 0. The third-order valence-electron chi connectivity index (χ3n) is 0. The van der Waals surface area contributed by atoms with Crippen molar-refractivity contribution in [2.24, 2.45) is 0 Å². The van der Waals surface area contributed by atoms with E-state index in [-0.39, 0.29) is 12.4 Å². The molecule has 0 unspecified atom stereocenters. The van der Waals surface area contributed by atoms with Crippen LogP contribution in [0.5, 0.6) is 0 Å². The highest BCUT2D eigenvalue weighted by Crippen LogP contribution is 1.47. The summed E-state index contributed by atoms with van der Waals surface area (Å²) in [6.45, 7) is 0.